The highest BCUT2D eigenvalue weighted by Gasteiger charge is 2.33. The van der Waals surface area contributed by atoms with E-state index in [0.717, 1.165) is 50.2 Å². The van der Waals surface area contributed by atoms with Gasteiger partial charge < -0.3 is 15.0 Å². The van der Waals surface area contributed by atoms with Crippen molar-refractivity contribution in [2.24, 2.45) is 0 Å². The number of carbonyl (C=O) groups excluding carboxylic acids is 1. The van der Waals surface area contributed by atoms with Crippen molar-refractivity contribution in [1.82, 2.24) is 20.4 Å². The van der Waals surface area contributed by atoms with Gasteiger partial charge in [-0.1, -0.05) is 12.8 Å². The number of urea groups is 1. The second-order valence-corrected chi connectivity index (χ2v) is 6.83. The van der Waals surface area contributed by atoms with E-state index in [9.17, 15) is 4.79 Å². The van der Waals surface area contributed by atoms with E-state index in [-0.39, 0.29) is 24.2 Å². The standard InChI is InChI=1S/C17H28N4O2/c1-11-16(12(2)20-19-11)15-7-5-4-6-9-21(15)17(22)18-14-8-10-23-13(14)3/h13-15H,4-10H2,1-3H3,(H,18,22)(H,19,20)/t13-,14-,15+/m1/s1. The fourth-order valence-corrected chi connectivity index (χ4v) is 3.86. The molecule has 2 N–H and O–H groups in total. The van der Waals surface area contributed by atoms with Crippen LogP contribution in [-0.4, -0.2) is 46.4 Å². The minimum absolute atomic E-state index is 0.0410. The zero-order valence-electron chi connectivity index (χ0n) is 14.4. The third kappa shape index (κ3) is 3.37. The molecule has 2 aliphatic heterocycles. The van der Waals surface area contributed by atoms with Crippen molar-refractivity contribution in [3.8, 4) is 0 Å². The molecule has 3 rings (SSSR count). The lowest BCUT2D eigenvalue weighted by atomic mass is 9.99. The Balaban J connectivity index is 1.80. The Kier molecular flexibility index (Phi) is 4.90. The maximum Gasteiger partial charge on any atom is 0.318 e. The summed E-state index contributed by atoms with van der Waals surface area (Å²) in [5, 5.41) is 10.6. The van der Waals surface area contributed by atoms with Gasteiger partial charge in [0.25, 0.3) is 0 Å². The number of aryl methyl sites for hydroxylation is 2. The van der Waals surface area contributed by atoms with Crippen LogP contribution in [0.1, 0.15) is 62.0 Å². The Bertz CT molecular complexity index is 537. The number of ether oxygens (including phenoxy) is 1. The smallest absolute Gasteiger partial charge is 0.318 e. The van der Waals surface area contributed by atoms with Crippen molar-refractivity contribution in [1.29, 1.82) is 0 Å². The van der Waals surface area contributed by atoms with Crippen LogP contribution in [0.2, 0.25) is 0 Å². The highest BCUT2D eigenvalue weighted by Crippen LogP contribution is 2.33. The first-order chi connectivity index (χ1) is 11.1. The van der Waals surface area contributed by atoms with Crippen LogP contribution in [0.4, 0.5) is 4.79 Å². The molecule has 2 fully saturated rings. The Labute approximate surface area is 138 Å². The van der Waals surface area contributed by atoms with Crippen LogP contribution in [0.15, 0.2) is 0 Å². The van der Waals surface area contributed by atoms with Crippen LogP contribution in [0.3, 0.4) is 0 Å². The molecule has 0 radical (unpaired) electrons. The van der Waals surface area contributed by atoms with E-state index >= 15 is 0 Å². The third-order valence-corrected chi connectivity index (χ3v) is 5.22. The lowest BCUT2D eigenvalue weighted by molar-refractivity contribution is 0.110. The molecule has 3 heterocycles. The number of H-pyrrole nitrogens is 1. The van der Waals surface area contributed by atoms with E-state index < -0.39 is 0 Å². The average molecular weight is 320 g/mol. The van der Waals surface area contributed by atoms with Gasteiger partial charge in [0.1, 0.15) is 0 Å². The van der Waals surface area contributed by atoms with Gasteiger partial charge in [-0.3, -0.25) is 5.10 Å². The Morgan fingerprint density at radius 3 is 2.78 bits per heavy atom. The highest BCUT2D eigenvalue weighted by atomic mass is 16.5. The number of hydrogen-bond donors (Lipinski definition) is 2. The number of carbonyl (C=O) groups is 1. The Morgan fingerprint density at radius 1 is 1.30 bits per heavy atom. The molecule has 23 heavy (non-hydrogen) atoms. The normalized spacial score (nSPS) is 28.7. The molecule has 0 aromatic carbocycles. The molecule has 0 bridgehead atoms. The van der Waals surface area contributed by atoms with Gasteiger partial charge in [0, 0.05) is 24.4 Å². The molecule has 1 aromatic rings. The van der Waals surface area contributed by atoms with Crippen LogP contribution < -0.4 is 5.32 Å². The van der Waals surface area contributed by atoms with Crippen molar-refractivity contribution in [2.45, 2.75) is 71.1 Å². The molecule has 6 nitrogen and oxygen atoms in total. The number of nitrogens with zero attached hydrogens (tertiary/aromatic N) is 2. The van der Waals surface area contributed by atoms with Crippen molar-refractivity contribution in [2.75, 3.05) is 13.2 Å². The molecule has 2 amide bonds. The van der Waals surface area contributed by atoms with Gasteiger partial charge in [-0.05, 0) is 40.0 Å². The summed E-state index contributed by atoms with van der Waals surface area (Å²) in [5.74, 6) is 0. The zero-order chi connectivity index (χ0) is 16.4. The summed E-state index contributed by atoms with van der Waals surface area (Å²) in [4.78, 5) is 14.9. The number of rotatable bonds is 2. The summed E-state index contributed by atoms with van der Waals surface area (Å²) in [6.07, 6.45) is 5.40. The molecule has 6 heteroatoms. The molecule has 0 saturated carbocycles. The fourth-order valence-electron chi connectivity index (χ4n) is 3.86. The van der Waals surface area contributed by atoms with E-state index in [2.05, 4.69) is 15.5 Å². The maximum atomic E-state index is 12.9. The van der Waals surface area contributed by atoms with E-state index in [0.29, 0.717) is 0 Å². The number of aromatic amines is 1. The highest BCUT2D eigenvalue weighted by molar-refractivity contribution is 5.75. The summed E-state index contributed by atoms with van der Waals surface area (Å²) >= 11 is 0. The topological polar surface area (TPSA) is 70.2 Å². The lowest BCUT2D eigenvalue weighted by Gasteiger charge is -2.32. The third-order valence-electron chi connectivity index (χ3n) is 5.22. The zero-order valence-corrected chi connectivity index (χ0v) is 14.4. The number of aromatic nitrogens is 2. The molecule has 2 aliphatic rings. The van der Waals surface area contributed by atoms with Gasteiger partial charge in [0.15, 0.2) is 0 Å². The first-order valence-corrected chi connectivity index (χ1v) is 8.78. The average Bonchev–Trinajstić information content (AvgIpc) is 2.97. The molecule has 128 valence electrons. The van der Waals surface area contributed by atoms with Gasteiger partial charge in [-0.2, -0.15) is 5.10 Å². The molecular weight excluding hydrogens is 292 g/mol. The second kappa shape index (κ2) is 6.91. The van der Waals surface area contributed by atoms with Crippen LogP contribution in [-0.2, 0) is 4.74 Å². The predicted molar refractivity (Wildman–Crippen MR) is 88.3 cm³/mol. The van der Waals surface area contributed by atoms with Crippen LogP contribution >= 0.6 is 0 Å². The lowest BCUT2D eigenvalue weighted by Crippen LogP contribution is -2.48. The largest absolute Gasteiger partial charge is 0.376 e. The van der Waals surface area contributed by atoms with E-state index in [1.54, 1.807) is 0 Å². The first kappa shape index (κ1) is 16.3. The Hall–Kier alpha value is -1.56. The monoisotopic (exact) mass is 320 g/mol. The minimum atomic E-state index is 0.0410. The number of hydrogen-bond acceptors (Lipinski definition) is 3. The van der Waals surface area contributed by atoms with Crippen molar-refractivity contribution in [3.63, 3.8) is 0 Å². The summed E-state index contributed by atoms with van der Waals surface area (Å²) < 4.78 is 5.57. The second-order valence-electron chi connectivity index (χ2n) is 6.83. The predicted octanol–water partition coefficient (Wildman–Crippen LogP) is 2.83. The van der Waals surface area contributed by atoms with Crippen molar-refractivity contribution < 1.29 is 9.53 Å². The summed E-state index contributed by atoms with van der Waals surface area (Å²) in [5.41, 5.74) is 3.27. The van der Waals surface area contributed by atoms with Gasteiger partial charge >= 0.3 is 6.03 Å². The molecule has 0 unspecified atom stereocenters. The maximum absolute atomic E-state index is 12.9. The minimum Gasteiger partial charge on any atom is -0.376 e. The first-order valence-electron chi connectivity index (χ1n) is 8.78. The van der Waals surface area contributed by atoms with Crippen molar-refractivity contribution in [3.05, 3.63) is 17.0 Å². The van der Waals surface area contributed by atoms with E-state index in [4.69, 9.17) is 4.74 Å². The Morgan fingerprint density at radius 2 is 2.13 bits per heavy atom. The van der Waals surface area contributed by atoms with Crippen LogP contribution in [0.25, 0.3) is 0 Å². The molecule has 0 aliphatic carbocycles. The number of nitrogens with one attached hydrogen (secondary N) is 2. The summed E-state index contributed by atoms with van der Waals surface area (Å²) in [6, 6.07) is 0.283. The van der Waals surface area contributed by atoms with Crippen LogP contribution in [0, 0.1) is 13.8 Å². The van der Waals surface area contributed by atoms with Gasteiger partial charge in [0.05, 0.1) is 23.9 Å². The molecule has 1 aromatic heterocycles. The van der Waals surface area contributed by atoms with Gasteiger partial charge in [0.2, 0.25) is 0 Å². The molecular formula is C17H28N4O2. The fraction of sp³-hybridized carbons (Fsp3) is 0.765. The van der Waals surface area contributed by atoms with Crippen molar-refractivity contribution >= 4 is 6.03 Å². The quantitative estimate of drug-likeness (QED) is 0.880. The molecule has 0 spiro atoms. The molecule has 2 saturated heterocycles. The van der Waals surface area contributed by atoms with Crippen LogP contribution in [0.5, 0.6) is 0 Å². The summed E-state index contributed by atoms with van der Waals surface area (Å²) in [6.45, 7) is 7.64. The number of likely N-dealkylation sites (tertiary alicyclic amines) is 1. The van der Waals surface area contributed by atoms with Gasteiger partial charge in [-0.25, -0.2) is 4.79 Å². The van der Waals surface area contributed by atoms with E-state index in [1.165, 1.54) is 12.0 Å². The summed E-state index contributed by atoms with van der Waals surface area (Å²) in [7, 11) is 0. The SMILES string of the molecule is Cc1n[nH]c(C)c1[C@@H]1CCCCCN1C(=O)N[C@@H]1CCO[C@@H]1C. The molecule has 3 atom stereocenters. The van der Waals surface area contributed by atoms with E-state index in [1.807, 2.05) is 25.7 Å². The van der Waals surface area contributed by atoms with Gasteiger partial charge in [-0.15, -0.1) is 0 Å². The number of amides is 2.